The lowest BCUT2D eigenvalue weighted by Crippen LogP contribution is -1.96. The molecule has 0 aliphatic carbocycles. The number of nitrogens with zero attached hydrogens (tertiary/aromatic N) is 2. The van der Waals surface area contributed by atoms with Crippen LogP contribution in [0.25, 0.3) is 11.3 Å². The van der Waals surface area contributed by atoms with Crippen LogP contribution in [-0.2, 0) is 7.05 Å². The lowest BCUT2D eigenvalue weighted by Gasteiger charge is -2.01. The largest absolute Gasteiger partial charge is 0.504 e. The van der Waals surface area contributed by atoms with E-state index in [0.717, 1.165) is 5.56 Å². The summed E-state index contributed by atoms with van der Waals surface area (Å²) < 4.78 is 1.52. The van der Waals surface area contributed by atoms with Crippen molar-refractivity contribution >= 4 is 5.78 Å². The van der Waals surface area contributed by atoms with E-state index in [1.54, 1.807) is 7.05 Å². The predicted octanol–water partition coefficient (Wildman–Crippen LogP) is 2.00. The maximum absolute atomic E-state index is 11.2. The highest BCUT2D eigenvalue weighted by molar-refractivity contribution is 5.96. The third-order valence-corrected chi connectivity index (χ3v) is 2.40. The summed E-state index contributed by atoms with van der Waals surface area (Å²) in [5.41, 5.74) is 1.51. The van der Waals surface area contributed by atoms with E-state index in [4.69, 9.17) is 0 Å². The highest BCUT2D eigenvalue weighted by atomic mass is 16.3. The number of aromatic hydroxyl groups is 1. The first kappa shape index (κ1) is 10.4. The minimum atomic E-state index is -0.240. The molecule has 2 aromatic rings. The SMILES string of the molecule is CC(=O)c1nn(C)c(-c2ccccc2)c1O. The molecular weight excluding hydrogens is 204 g/mol. The van der Waals surface area contributed by atoms with Crippen LogP contribution >= 0.6 is 0 Å². The first-order chi connectivity index (χ1) is 7.61. The van der Waals surface area contributed by atoms with Crippen LogP contribution in [0.2, 0.25) is 0 Å². The van der Waals surface area contributed by atoms with Gasteiger partial charge in [0, 0.05) is 19.5 Å². The Hall–Kier alpha value is -2.10. The van der Waals surface area contributed by atoms with Crippen LogP contribution < -0.4 is 0 Å². The predicted molar refractivity (Wildman–Crippen MR) is 60.3 cm³/mol. The van der Waals surface area contributed by atoms with E-state index in [2.05, 4.69) is 5.10 Å². The summed E-state index contributed by atoms with van der Waals surface area (Å²) in [4.78, 5) is 11.2. The van der Waals surface area contributed by atoms with Gasteiger partial charge in [-0.3, -0.25) is 9.48 Å². The van der Waals surface area contributed by atoms with E-state index in [9.17, 15) is 9.90 Å². The molecule has 0 aliphatic rings. The molecule has 16 heavy (non-hydrogen) atoms. The highest BCUT2D eigenvalue weighted by Gasteiger charge is 2.19. The number of hydrogen-bond acceptors (Lipinski definition) is 3. The lowest BCUT2D eigenvalue weighted by molar-refractivity contribution is 0.101. The fourth-order valence-corrected chi connectivity index (χ4v) is 1.67. The van der Waals surface area contributed by atoms with Gasteiger partial charge in [0.25, 0.3) is 0 Å². The van der Waals surface area contributed by atoms with Crippen LogP contribution in [0.15, 0.2) is 30.3 Å². The van der Waals surface area contributed by atoms with Crippen LogP contribution in [0.4, 0.5) is 0 Å². The van der Waals surface area contributed by atoms with Gasteiger partial charge in [-0.05, 0) is 0 Å². The van der Waals surface area contributed by atoms with Crippen molar-refractivity contribution in [3.8, 4) is 17.0 Å². The molecule has 0 radical (unpaired) electrons. The van der Waals surface area contributed by atoms with Crippen LogP contribution in [0.5, 0.6) is 5.75 Å². The highest BCUT2D eigenvalue weighted by Crippen LogP contribution is 2.31. The Morgan fingerprint density at radius 2 is 1.94 bits per heavy atom. The summed E-state index contributed by atoms with van der Waals surface area (Å²) in [6.07, 6.45) is 0. The first-order valence-corrected chi connectivity index (χ1v) is 4.93. The molecule has 82 valence electrons. The number of ketones is 1. The Labute approximate surface area is 93.1 Å². The van der Waals surface area contributed by atoms with Crippen molar-refractivity contribution in [1.29, 1.82) is 0 Å². The third kappa shape index (κ3) is 1.58. The summed E-state index contributed by atoms with van der Waals surface area (Å²) in [6, 6.07) is 9.36. The molecule has 0 saturated carbocycles. The Bertz CT molecular complexity index is 529. The van der Waals surface area contributed by atoms with E-state index < -0.39 is 0 Å². The van der Waals surface area contributed by atoms with E-state index in [1.807, 2.05) is 30.3 Å². The number of aromatic nitrogens is 2. The van der Waals surface area contributed by atoms with Crippen molar-refractivity contribution in [3.63, 3.8) is 0 Å². The molecule has 1 N–H and O–H groups in total. The fraction of sp³-hybridized carbons (Fsp3) is 0.167. The Kier molecular flexibility index (Phi) is 2.48. The van der Waals surface area contributed by atoms with Crippen molar-refractivity contribution < 1.29 is 9.90 Å². The molecule has 4 heteroatoms. The van der Waals surface area contributed by atoms with Crippen molar-refractivity contribution in [2.45, 2.75) is 6.92 Å². The monoisotopic (exact) mass is 216 g/mol. The van der Waals surface area contributed by atoms with Gasteiger partial charge in [-0.2, -0.15) is 5.10 Å². The number of carbonyl (C=O) groups is 1. The van der Waals surface area contributed by atoms with Gasteiger partial charge in [0.2, 0.25) is 0 Å². The molecule has 1 aromatic carbocycles. The maximum atomic E-state index is 11.2. The maximum Gasteiger partial charge on any atom is 0.183 e. The van der Waals surface area contributed by atoms with E-state index in [1.165, 1.54) is 11.6 Å². The summed E-state index contributed by atoms with van der Waals surface area (Å²) in [5, 5.41) is 13.9. The van der Waals surface area contributed by atoms with Gasteiger partial charge in [-0.25, -0.2) is 0 Å². The molecule has 2 rings (SSSR count). The minimum absolute atomic E-state index is 0.0544. The molecule has 0 bridgehead atoms. The molecule has 0 fully saturated rings. The number of hydrogen-bond donors (Lipinski definition) is 1. The Morgan fingerprint density at radius 1 is 1.31 bits per heavy atom. The zero-order valence-corrected chi connectivity index (χ0v) is 9.14. The second kappa shape index (κ2) is 3.81. The Morgan fingerprint density at radius 3 is 2.44 bits per heavy atom. The molecule has 1 heterocycles. The number of Topliss-reactive ketones (excluding diaryl/α,β-unsaturated/α-hetero) is 1. The van der Waals surface area contributed by atoms with E-state index in [0.29, 0.717) is 5.69 Å². The van der Waals surface area contributed by atoms with Crippen molar-refractivity contribution in [1.82, 2.24) is 9.78 Å². The van der Waals surface area contributed by atoms with Gasteiger partial charge in [0.05, 0.1) is 0 Å². The van der Waals surface area contributed by atoms with Crippen LogP contribution in [0.3, 0.4) is 0 Å². The second-order valence-corrected chi connectivity index (χ2v) is 3.59. The quantitative estimate of drug-likeness (QED) is 0.781. The number of benzene rings is 1. The van der Waals surface area contributed by atoms with Crippen LogP contribution in [-0.4, -0.2) is 20.7 Å². The molecule has 0 unspecified atom stereocenters. The zero-order chi connectivity index (χ0) is 11.7. The summed E-state index contributed by atoms with van der Waals surface area (Å²) in [6.45, 7) is 1.39. The standard InChI is InChI=1S/C12H12N2O2/c1-8(15)10-12(16)11(14(2)13-10)9-6-4-3-5-7-9/h3-7,16H,1-2H3. The first-order valence-electron chi connectivity index (χ1n) is 4.93. The Balaban J connectivity index is 2.63. The van der Waals surface area contributed by atoms with Gasteiger partial charge in [-0.15, -0.1) is 0 Å². The molecule has 0 spiro atoms. The zero-order valence-electron chi connectivity index (χ0n) is 9.14. The van der Waals surface area contributed by atoms with Gasteiger partial charge < -0.3 is 5.11 Å². The van der Waals surface area contributed by atoms with Gasteiger partial charge >= 0.3 is 0 Å². The molecule has 0 saturated heterocycles. The average Bonchev–Trinajstić information content (AvgIpc) is 2.56. The van der Waals surface area contributed by atoms with Crippen LogP contribution in [0.1, 0.15) is 17.4 Å². The normalized spacial score (nSPS) is 10.4. The molecule has 0 amide bonds. The molecule has 0 atom stereocenters. The van der Waals surface area contributed by atoms with Gasteiger partial charge in [-0.1, -0.05) is 30.3 Å². The van der Waals surface area contributed by atoms with Crippen molar-refractivity contribution in [3.05, 3.63) is 36.0 Å². The fourth-order valence-electron chi connectivity index (χ4n) is 1.67. The molecule has 4 nitrogen and oxygen atoms in total. The smallest absolute Gasteiger partial charge is 0.183 e. The second-order valence-electron chi connectivity index (χ2n) is 3.59. The lowest BCUT2D eigenvalue weighted by atomic mass is 10.1. The summed E-state index contributed by atoms with van der Waals surface area (Å²) in [7, 11) is 1.70. The minimum Gasteiger partial charge on any atom is -0.504 e. The number of aryl methyl sites for hydroxylation is 1. The third-order valence-electron chi connectivity index (χ3n) is 2.40. The van der Waals surface area contributed by atoms with E-state index >= 15 is 0 Å². The molecule has 1 aromatic heterocycles. The molecular formula is C12H12N2O2. The van der Waals surface area contributed by atoms with Gasteiger partial charge in [0.1, 0.15) is 5.69 Å². The topological polar surface area (TPSA) is 55.1 Å². The van der Waals surface area contributed by atoms with Crippen LogP contribution in [0, 0.1) is 0 Å². The number of carbonyl (C=O) groups excluding carboxylic acids is 1. The van der Waals surface area contributed by atoms with Crippen molar-refractivity contribution in [2.24, 2.45) is 7.05 Å². The molecule has 0 aliphatic heterocycles. The summed E-state index contributed by atoms with van der Waals surface area (Å²) in [5.74, 6) is -0.295. The number of rotatable bonds is 2. The van der Waals surface area contributed by atoms with Crippen molar-refractivity contribution in [2.75, 3.05) is 0 Å². The summed E-state index contributed by atoms with van der Waals surface area (Å²) >= 11 is 0. The van der Waals surface area contributed by atoms with Gasteiger partial charge in [0.15, 0.2) is 17.2 Å². The van der Waals surface area contributed by atoms with E-state index in [-0.39, 0.29) is 17.2 Å². The average molecular weight is 216 g/mol.